The third kappa shape index (κ3) is 2.29. The lowest BCUT2D eigenvalue weighted by atomic mass is 10.2. The average molecular weight is 270 g/mol. The van der Waals surface area contributed by atoms with Gasteiger partial charge in [0.2, 0.25) is 0 Å². The summed E-state index contributed by atoms with van der Waals surface area (Å²) in [6.45, 7) is 4.63. The average Bonchev–Trinajstić information content (AvgIpc) is 2.68. The number of hydrogen-bond acceptors (Lipinski definition) is 3. The third-order valence-electron chi connectivity index (χ3n) is 3.08. The molecule has 2 heterocycles. The molecule has 2 aromatic heterocycles. The first-order chi connectivity index (χ1) is 9.13. The topological polar surface area (TPSA) is 46.5 Å². The maximum Gasteiger partial charge on any atom is 0.178 e. The van der Waals surface area contributed by atoms with E-state index in [1.165, 1.54) is 5.56 Å². The number of aryl methyl sites for hydroxylation is 2. The van der Waals surface area contributed by atoms with Crippen LogP contribution in [0.25, 0.3) is 11.0 Å². The van der Waals surface area contributed by atoms with Gasteiger partial charge in [0.05, 0.1) is 35.2 Å². The highest BCUT2D eigenvalue weighted by atomic mass is 32.1. The summed E-state index contributed by atoms with van der Waals surface area (Å²) in [5, 5.41) is 0. The molecule has 19 heavy (non-hydrogen) atoms. The summed E-state index contributed by atoms with van der Waals surface area (Å²) in [6.07, 6.45) is 3.57. The van der Waals surface area contributed by atoms with Crippen LogP contribution in [0.1, 0.15) is 17.0 Å². The van der Waals surface area contributed by atoms with E-state index < -0.39 is 0 Å². The number of fused-ring (bicyclic) bond motifs is 1. The van der Waals surface area contributed by atoms with Crippen LogP contribution < -0.4 is 0 Å². The summed E-state index contributed by atoms with van der Waals surface area (Å²) in [6, 6.07) is 6.27. The van der Waals surface area contributed by atoms with E-state index in [9.17, 15) is 0 Å². The summed E-state index contributed by atoms with van der Waals surface area (Å²) in [7, 11) is 0. The van der Waals surface area contributed by atoms with E-state index >= 15 is 0 Å². The molecule has 0 saturated heterocycles. The molecule has 0 bridgehead atoms. The van der Waals surface area contributed by atoms with Gasteiger partial charge in [-0.1, -0.05) is 6.07 Å². The number of imidazole rings is 1. The fourth-order valence-electron chi connectivity index (χ4n) is 2.10. The van der Waals surface area contributed by atoms with Gasteiger partial charge < -0.3 is 9.55 Å². The second kappa shape index (κ2) is 4.59. The van der Waals surface area contributed by atoms with Crippen LogP contribution in [0.2, 0.25) is 0 Å². The molecule has 0 fully saturated rings. The van der Waals surface area contributed by atoms with E-state index in [4.69, 9.17) is 12.2 Å². The van der Waals surface area contributed by atoms with Crippen LogP contribution in [0.4, 0.5) is 0 Å². The minimum atomic E-state index is 0.634. The summed E-state index contributed by atoms with van der Waals surface area (Å²) in [4.78, 5) is 11.9. The van der Waals surface area contributed by atoms with Gasteiger partial charge in [0, 0.05) is 6.20 Å². The van der Waals surface area contributed by atoms with Crippen molar-refractivity contribution in [3.8, 4) is 0 Å². The lowest BCUT2D eigenvalue weighted by Gasteiger charge is -2.04. The maximum absolute atomic E-state index is 5.38. The predicted octanol–water partition coefficient (Wildman–Crippen LogP) is 3.15. The summed E-state index contributed by atoms with van der Waals surface area (Å²) >= 11 is 5.38. The zero-order chi connectivity index (χ0) is 13.4. The number of nitrogens with zero attached hydrogens (tertiary/aromatic N) is 3. The molecule has 0 radical (unpaired) electrons. The molecule has 0 aliphatic heterocycles. The van der Waals surface area contributed by atoms with E-state index in [0.717, 1.165) is 22.4 Å². The van der Waals surface area contributed by atoms with Crippen LogP contribution in [-0.2, 0) is 6.54 Å². The molecule has 0 aliphatic rings. The fourth-order valence-corrected chi connectivity index (χ4v) is 2.37. The second-order valence-corrected chi connectivity index (χ2v) is 5.07. The summed E-state index contributed by atoms with van der Waals surface area (Å²) in [5.41, 5.74) is 5.19. The smallest absolute Gasteiger partial charge is 0.178 e. The number of aromatic nitrogens is 4. The molecule has 3 rings (SSSR count). The van der Waals surface area contributed by atoms with Crippen molar-refractivity contribution in [1.29, 1.82) is 0 Å². The van der Waals surface area contributed by atoms with Gasteiger partial charge in [0.25, 0.3) is 0 Å². The highest BCUT2D eigenvalue weighted by molar-refractivity contribution is 7.71. The minimum Gasteiger partial charge on any atom is -0.331 e. The fraction of sp³-hybridized carbons (Fsp3) is 0.214. The first-order valence-electron chi connectivity index (χ1n) is 6.10. The first kappa shape index (κ1) is 12.0. The van der Waals surface area contributed by atoms with E-state index in [1.54, 1.807) is 12.4 Å². The molecule has 4 nitrogen and oxygen atoms in total. The number of nitrogens with one attached hydrogen (secondary N) is 1. The van der Waals surface area contributed by atoms with Crippen LogP contribution >= 0.6 is 12.2 Å². The highest BCUT2D eigenvalue weighted by Crippen LogP contribution is 2.16. The van der Waals surface area contributed by atoms with Crippen LogP contribution in [0, 0.1) is 18.6 Å². The lowest BCUT2D eigenvalue weighted by Crippen LogP contribution is -2.02. The standard InChI is InChI=1S/C14H14N4S/c1-9-3-4-13-12(5-9)17-14(19)18(13)8-11-7-15-10(2)6-16-11/h3-7H,8H2,1-2H3,(H,17,19). The minimum absolute atomic E-state index is 0.634. The third-order valence-corrected chi connectivity index (χ3v) is 3.41. The van der Waals surface area contributed by atoms with Crippen molar-refractivity contribution in [3.63, 3.8) is 0 Å². The van der Waals surface area contributed by atoms with Gasteiger partial charge in [-0.15, -0.1) is 0 Å². The van der Waals surface area contributed by atoms with Gasteiger partial charge in [-0.05, 0) is 43.8 Å². The molecule has 5 heteroatoms. The SMILES string of the molecule is Cc1ccc2c(c1)[nH]c(=S)n2Cc1cnc(C)cn1. The Bertz CT molecular complexity index is 783. The van der Waals surface area contributed by atoms with E-state index in [0.29, 0.717) is 11.3 Å². The maximum atomic E-state index is 5.38. The Labute approximate surface area is 116 Å². The van der Waals surface area contributed by atoms with Crippen LogP contribution in [0.5, 0.6) is 0 Å². The molecular formula is C14H14N4S. The lowest BCUT2D eigenvalue weighted by molar-refractivity contribution is 0.776. The second-order valence-electron chi connectivity index (χ2n) is 4.69. The molecule has 96 valence electrons. The number of benzene rings is 1. The molecule has 1 aromatic carbocycles. The van der Waals surface area contributed by atoms with E-state index in [2.05, 4.69) is 40.1 Å². The van der Waals surface area contributed by atoms with Crippen LogP contribution in [0.3, 0.4) is 0 Å². The van der Waals surface area contributed by atoms with Gasteiger partial charge in [-0.2, -0.15) is 0 Å². The zero-order valence-corrected chi connectivity index (χ0v) is 11.7. The Morgan fingerprint density at radius 3 is 2.79 bits per heavy atom. The molecule has 0 amide bonds. The normalized spacial score (nSPS) is 11.1. The highest BCUT2D eigenvalue weighted by Gasteiger charge is 2.06. The zero-order valence-electron chi connectivity index (χ0n) is 10.8. The largest absolute Gasteiger partial charge is 0.331 e. The predicted molar refractivity (Wildman–Crippen MR) is 77.7 cm³/mol. The van der Waals surface area contributed by atoms with Crippen molar-refractivity contribution in [2.75, 3.05) is 0 Å². The van der Waals surface area contributed by atoms with Crippen molar-refractivity contribution < 1.29 is 0 Å². The van der Waals surface area contributed by atoms with Crippen molar-refractivity contribution in [2.45, 2.75) is 20.4 Å². The molecule has 0 unspecified atom stereocenters. The van der Waals surface area contributed by atoms with Gasteiger partial charge in [-0.25, -0.2) is 0 Å². The monoisotopic (exact) mass is 270 g/mol. The molecule has 0 atom stereocenters. The van der Waals surface area contributed by atoms with Gasteiger partial charge >= 0.3 is 0 Å². The first-order valence-corrected chi connectivity index (χ1v) is 6.51. The van der Waals surface area contributed by atoms with Crippen molar-refractivity contribution in [1.82, 2.24) is 19.5 Å². The van der Waals surface area contributed by atoms with E-state index in [1.807, 2.05) is 11.5 Å². The summed E-state index contributed by atoms with van der Waals surface area (Å²) in [5.74, 6) is 0. The number of H-pyrrole nitrogens is 1. The number of aromatic amines is 1. The molecule has 3 aromatic rings. The molecule has 1 N–H and O–H groups in total. The Hall–Kier alpha value is -2.01. The number of hydrogen-bond donors (Lipinski definition) is 1. The molecule has 0 aliphatic carbocycles. The number of rotatable bonds is 2. The van der Waals surface area contributed by atoms with Gasteiger partial charge in [0.15, 0.2) is 4.77 Å². The quantitative estimate of drug-likeness (QED) is 0.728. The molecule has 0 saturated carbocycles. The van der Waals surface area contributed by atoms with E-state index in [-0.39, 0.29) is 0 Å². The molecular weight excluding hydrogens is 256 g/mol. The van der Waals surface area contributed by atoms with Crippen molar-refractivity contribution in [2.24, 2.45) is 0 Å². The van der Waals surface area contributed by atoms with Gasteiger partial charge in [0.1, 0.15) is 0 Å². The Morgan fingerprint density at radius 1 is 1.21 bits per heavy atom. The Morgan fingerprint density at radius 2 is 2.05 bits per heavy atom. The Balaban J connectivity index is 2.07. The summed E-state index contributed by atoms with van der Waals surface area (Å²) < 4.78 is 2.76. The van der Waals surface area contributed by atoms with Crippen molar-refractivity contribution >= 4 is 23.3 Å². The van der Waals surface area contributed by atoms with Crippen molar-refractivity contribution in [3.05, 3.63) is 52.3 Å². The Kier molecular flexibility index (Phi) is 2.91. The van der Waals surface area contributed by atoms with Crippen LogP contribution in [-0.4, -0.2) is 19.5 Å². The molecule has 0 spiro atoms. The van der Waals surface area contributed by atoms with Crippen LogP contribution in [0.15, 0.2) is 30.6 Å². The van der Waals surface area contributed by atoms with Gasteiger partial charge in [-0.3, -0.25) is 9.97 Å².